The van der Waals surface area contributed by atoms with E-state index < -0.39 is 34.3 Å². The molecule has 3 aromatic carbocycles. The van der Waals surface area contributed by atoms with Crippen LogP contribution in [-0.4, -0.2) is 50.9 Å². The molecule has 230 valence electrons. The normalized spacial score (nSPS) is 14.3. The summed E-state index contributed by atoms with van der Waals surface area (Å²) in [4.78, 5) is 29.0. The van der Waals surface area contributed by atoms with Gasteiger partial charge in [-0.1, -0.05) is 49.0 Å². The van der Waals surface area contributed by atoms with E-state index in [1.54, 1.807) is 25.1 Å². The number of benzene rings is 3. The Morgan fingerprint density at radius 2 is 1.65 bits per heavy atom. The minimum atomic E-state index is -4.31. The molecular formula is C31H34Cl2FN3O5S. The van der Waals surface area contributed by atoms with Crippen LogP contribution in [0.5, 0.6) is 5.75 Å². The zero-order chi connectivity index (χ0) is 31.1. The summed E-state index contributed by atoms with van der Waals surface area (Å²) in [5.41, 5.74) is 0.699. The number of rotatable bonds is 12. The molecule has 2 amide bonds. The number of nitrogens with one attached hydrogen (secondary N) is 1. The Bertz CT molecular complexity index is 1530. The maximum Gasteiger partial charge on any atom is 0.264 e. The number of ether oxygens (including phenoxy) is 1. The fourth-order valence-corrected chi connectivity index (χ4v) is 6.87. The second-order valence-corrected chi connectivity index (χ2v) is 13.0. The van der Waals surface area contributed by atoms with Gasteiger partial charge >= 0.3 is 0 Å². The molecule has 4 rings (SSSR count). The van der Waals surface area contributed by atoms with E-state index in [0.29, 0.717) is 16.3 Å². The molecule has 0 aliphatic heterocycles. The van der Waals surface area contributed by atoms with Gasteiger partial charge in [0.25, 0.3) is 10.0 Å². The molecule has 1 aliphatic rings. The van der Waals surface area contributed by atoms with Crippen LogP contribution in [0.25, 0.3) is 0 Å². The van der Waals surface area contributed by atoms with Crippen LogP contribution in [0.1, 0.15) is 44.6 Å². The Labute approximate surface area is 261 Å². The molecule has 8 nitrogen and oxygen atoms in total. The lowest BCUT2D eigenvalue weighted by molar-refractivity contribution is -0.140. The number of carbonyl (C=O) groups is 2. The first-order valence-corrected chi connectivity index (χ1v) is 16.2. The van der Waals surface area contributed by atoms with Gasteiger partial charge in [-0.15, -0.1) is 0 Å². The quantitative estimate of drug-likeness (QED) is 0.252. The summed E-state index contributed by atoms with van der Waals surface area (Å²) in [6, 6.07) is 14.6. The predicted octanol–water partition coefficient (Wildman–Crippen LogP) is 6.20. The van der Waals surface area contributed by atoms with Crippen molar-refractivity contribution in [3.8, 4) is 5.75 Å². The van der Waals surface area contributed by atoms with Gasteiger partial charge in [-0.05, 0) is 85.5 Å². The summed E-state index contributed by atoms with van der Waals surface area (Å²) in [7, 11) is -2.85. The number of amides is 2. The van der Waals surface area contributed by atoms with Crippen LogP contribution < -0.4 is 14.4 Å². The van der Waals surface area contributed by atoms with Gasteiger partial charge in [0.1, 0.15) is 24.2 Å². The average Bonchev–Trinajstić information content (AvgIpc) is 3.51. The lowest BCUT2D eigenvalue weighted by Gasteiger charge is -2.34. The summed E-state index contributed by atoms with van der Waals surface area (Å²) in [5, 5.41) is 3.68. The van der Waals surface area contributed by atoms with Crippen molar-refractivity contribution in [2.75, 3.05) is 18.0 Å². The molecule has 0 aromatic heterocycles. The minimum absolute atomic E-state index is 0.0217. The van der Waals surface area contributed by atoms with Gasteiger partial charge in [-0.2, -0.15) is 0 Å². The van der Waals surface area contributed by atoms with Crippen molar-refractivity contribution < 1.29 is 27.1 Å². The smallest absolute Gasteiger partial charge is 0.264 e. The highest BCUT2D eigenvalue weighted by molar-refractivity contribution is 7.92. The average molecular weight is 651 g/mol. The minimum Gasteiger partial charge on any atom is -0.497 e. The van der Waals surface area contributed by atoms with E-state index in [9.17, 15) is 22.4 Å². The van der Waals surface area contributed by atoms with Crippen LogP contribution in [0.2, 0.25) is 10.0 Å². The van der Waals surface area contributed by atoms with Gasteiger partial charge in [0, 0.05) is 12.6 Å². The molecule has 43 heavy (non-hydrogen) atoms. The van der Waals surface area contributed by atoms with Gasteiger partial charge < -0.3 is 15.0 Å². The highest BCUT2D eigenvalue weighted by Crippen LogP contribution is 2.28. The van der Waals surface area contributed by atoms with Gasteiger partial charge in [-0.25, -0.2) is 12.8 Å². The zero-order valence-electron chi connectivity index (χ0n) is 23.9. The summed E-state index contributed by atoms with van der Waals surface area (Å²) in [5.74, 6) is -1.04. The van der Waals surface area contributed by atoms with E-state index >= 15 is 0 Å². The van der Waals surface area contributed by atoms with E-state index in [2.05, 4.69) is 5.32 Å². The first kappa shape index (κ1) is 32.6. The Morgan fingerprint density at radius 1 is 1.00 bits per heavy atom. The van der Waals surface area contributed by atoms with Crippen molar-refractivity contribution in [2.45, 2.75) is 62.6 Å². The van der Waals surface area contributed by atoms with Crippen molar-refractivity contribution >= 4 is 50.7 Å². The first-order chi connectivity index (χ1) is 20.5. The Morgan fingerprint density at radius 3 is 2.23 bits per heavy atom. The van der Waals surface area contributed by atoms with Crippen molar-refractivity contribution in [2.24, 2.45) is 0 Å². The lowest BCUT2D eigenvalue weighted by atomic mass is 10.1. The SMILES string of the molecule is CC[C@@H](C(=O)NC1CCCC1)N(Cc1ccc(Cl)c(Cl)c1)C(=O)CN(c1ccc(F)cc1)S(=O)(=O)c1ccc(OC)cc1. The van der Waals surface area contributed by atoms with Crippen molar-refractivity contribution in [1.29, 1.82) is 0 Å². The third-order valence-electron chi connectivity index (χ3n) is 7.47. The maximum atomic E-state index is 14.2. The second-order valence-electron chi connectivity index (χ2n) is 10.3. The predicted molar refractivity (Wildman–Crippen MR) is 165 cm³/mol. The fourth-order valence-electron chi connectivity index (χ4n) is 5.13. The second kappa shape index (κ2) is 14.4. The molecule has 3 aromatic rings. The topological polar surface area (TPSA) is 96.0 Å². The first-order valence-electron chi connectivity index (χ1n) is 14.0. The molecule has 1 aliphatic carbocycles. The number of nitrogens with zero attached hydrogens (tertiary/aromatic N) is 2. The highest BCUT2D eigenvalue weighted by atomic mass is 35.5. The Hall–Kier alpha value is -3.34. The van der Waals surface area contributed by atoms with E-state index in [0.717, 1.165) is 42.1 Å². The molecule has 1 N–H and O–H groups in total. The van der Waals surface area contributed by atoms with Crippen molar-refractivity contribution in [1.82, 2.24) is 10.2 Å². The summed E-state index contributed by atoms with van der Waals surface area (Å²) in [6.07, 6.45) is 4.04. The van der Waals surface area contributed by atoms with Gasteiger partial charge in [0.05, 0.1) is 27.7 Å². The number of hydrogen-bond donors (Lipinski definition) is 1. The third-order valence-corrected chi connectivity index (χ3v) is 9.99. The monoisotopic (exact) mass is 649 g/mol. The molecule has 1 fully saturated rings. The molecule has 1 atom stereocenters. The number of methoxy groups -OCH3 is 1. The molecule has 0 unspecified atom stereocenters. The molecule has 0 saturated heterocycles. The largest absolute Gasteiger partial charge is 0.497 e. The highest BCUT2D eigenvalue weighted by Gasteiger charge is 2.34. The molecule has 12 heteroatoms. The van der Waals surface area contributed by atoms with E-state index in [-0.39, 0.29) is 40.5 Å². The number of carbonyl (C=O) groups excluding carboxylic acids is 2. The number of anilines is 1. The molecule has 0 radical (unpaired) electrons. The number of sulfonamides is 1. The van der Waals surface area contributed by atoms with Gasteiger partial charge in [0.2, 0.25) is 11.8 Å². The lowest BCUT2D eigenvalue weighted by Crippen LogP contribution is -2.53. The van der Waals surface area contributed by atoms with E-state index in [4.69, 9.17) is 27.9 Å². The van der Waals surface area contributed by atoms with Crippen molar-refractivity contribution in [3.05, 3.63) is 88.2 Å². The molecule has 1 saturated carbocycles. The molecule has 0 heterocycles. The summed E-state index contributed by atoms with van der Waals surface area (Å²) < 4.78 is 47.8. The van der Waals surface area contributed by atoms with Gasteiger partial charge in [0.15, 0.2) is 0 Å². The Kier molecular flexibility index (Phi) is 10.9. The molecular weight excluding hydrogens is 616 g/mol. The van der Waals surface area contributed by atoms with Gasteiger partial charge in [-0.3, -0.25) is 13.9 Å². The zero-order valence-corrected chi connectivity index (χ0v) is 26.3. The van der Waals surface area contributed by atoms with Crippen LogP contribution in [0.15, 0.2) is 71.6 Å². The third kappa shape index (κ3) is 7.99. The maximum absolute atomic E-state index is 14.2. The summed E-state index contributed by atoms with van der Waals surface area (Å²) >= 11 is 12.4. The van der Waals surface area contributed by atoms with Crippen LogP contribution in [-0.2, 0) is 26.2 Å². The molecule has 0 bridgehead atoms. The number of hydrogen-bond acceptors (Lipinski definition) is 5. The summed E-state index contributed by atoms with van der Waals surface area (Å²) in [6.45, 7) is 1.13. The van der Waals surface area contributed by atoms with Crippen LogP contribution in [0.3, 0.4) is 0 Å². The van der Waals surface area contributed by atoms with Crippen molar-refractivity contribution in [3.63, 3.8) is 0 Å². The number of halogens is 3. The molecule has 0 spiro atoms. The van der Waals surface area contributed by atoms with Crippen LogP contribution >= 0.6 is 23.2 Å². The Balaban J connectivity index is 1.72. The van der Waals surface area contributed by atoms with E-state index in [1.165, 1.54) is 48.4 Å². The van der Waals surface area contributed by atoms with E-state index in [1.807, 2.05) is 0 Å². The standard InChI is InChI=1S/C31H34Cl2FN3O5S/c1-3-29(31(39)35-23-6-4-5-7-23)36(19-21-8-17-27(32)28(33)18-21)30(38)20-37(24-11-9-22(34)10-12-24)43(40,41)26-15-13-25(42-2)14-16-26/h8-18,23,29H,3-7,19-20H2,1-2H3,(H,35,39)/t29-/m0/s1. The van der Waals surface area contributed by atoms with Crippen LogP contribution in [0, 0.1) is 5.82 Å². The fraction of sp³-hybridized carbons (Fsp3) is 0.355. The van der Waals surface area contributed by atoms with Crippen LogP contribution in [0.4, 0.5) is 10.1 Å².